The fourth-order valence-corrected chi connectivity index (χ4v) is 5.02. The van der Waals surface area contributed by atoms with E-state index in [9.17, 15) is 0 Å². The average Bonchev–Trinajstić information content (AvgIpc) is 2.89. The number of anilines is 4. The Kier molecular flexibility index (Phi) is 9.31. The van der Waals surface area contributed by atoms with Crippen LogP contribution in [0.25, 0.3) is 0 Å². The van der Waals surface area contributed by atoms with Gasteiger partial charge in [0.05, 0.1) is 0 Å². The normalized spacial score (nSPS) is 13.8. The highest BCUT2D eigenvalue weighted by Gasteiger charge is 2.26. The maximum atomic E-state index is 6.70. The van der Waals surface area contributed by atoms with E-state index in [1.807, 2.05) is 6.92 Å². The molecule has 3 aromatic carbocycles. The minimum absolute atomic E-state index is 0.0513. The maximum absolute atomic E-state index is 6.70. The Bertz CT molecular complexity index is 1050. The van der Waals surface area contributed by atoms with Crippen molar-refractivity contribution in [2.24, 2.45) is 0 Å². The van der Waals surface area contributed by atoms with Gasteiger partial charge in [0.25, 0.3) is 0 Å². The molecule has 4 heteroatoms. The van der Waals surface area contributed by atoms with Crippen molar-refractivity contribution in [2.45, 2.75) is 92.2 Å². The molecule has 0 spiro atoms. The van der Waals surface area contributed by atoms with E-state index in [1.54, 1.807) is 0 Å². The van der Waals surface area contributed by atoms with Gasteiger partial charge in [-0.2, -0.15) is 0 Å². The number of hydrogen-bond donors (Lipinski definition) is 4. The molecule has 0 heterocycles. The molecule has 36 heavy (non-hydrogen) atoms. The highest BCUT2D eigenvalue weighted by atomic mass is 14.9. The summed E-state index contributed by atoms with van der Waals surface area (Å²) in [6, 6.07) is 18.7. The Morgan fingerprint density at radius 1 is 0.639 bits per heavy atom. The van der Waals surface area contributed by atoms with E-state index in [4.69, 9.17) is 11.5 Å². The van der Waals surface area contributed by atoms with Crippen molar-refractivity contribution >= 4 is 22.7 Å². The SMILES string of the molecule is CCc1c(N)c(C)c(N)c(CC)c1C(c1ccc(NC(C)CC)cc1)c1ccc(NC(C)CC)cc1. The van der Waals surface area contributed by atoms with Crippen LogP contribution in [0.4, 0.5) is 22.7 Å². The lowest BCUT2D eigenvalue weighted by Gasteiger charge is -2.28. The van der Waals surface area contributed by atoms with Crippen molar-refractivity contribution in [1.82, 2.24) is 0 Å². The number of nitrogens with one attached hydrogen (secondary N) is 2. The highest BCUT2D eigenvalue weighted by molar-refractivity contribution is 5.74. The van der Waals surface area contributed by atoms with Crippen LogP contribution in [0, 0.1) is 6.92 Å². The Morgan fingerprint density at radius 3 is 1.31 bits per heavy atom. The second kappa shape index (κ2) is 12.2. The minimum atomic E-state index is 0.0513. The van der Waals surface area contributed by atoms with E-state index < -0.39 is 0 Å². The van der Waals surface area contributed by atoms with Crippen LogP contribution in [0.3, 0.4) is 0 Å². The molecule has 6 N–H and O–H groups in total. The molecule has 2 atom stereocenters. The van der Waals surface area contributed by atoms with Gasteiger partial charge in [0.1, 0.15) is 0 Å². The first-order chi connectivity index (χ1) is 17.2. The van der Waals surface area contributed by atoms with Crippen LogP contribution < -0.4 is 22.1 Å². The van der Waals surface area contributed by atoms with Gasteiger partial charge in [-0.1, -0.05) is 52.0 Å². The molecule has 0 aliphatic heterocycles. The second-order valence-corrected chi connectivity index (χ2v) is 10.1. The Balaban J connectivity index is 2.20. The number of rotatable bonds is 11. The maximum Gasteiger partial charge on any atom is 0.0400 e. The van der Waals surface area contributed by atoms with E-state index in [1.165, 1.54) is 27.8 Å². The zero-order valence-electron chi connectivity index (χ0n) is 23.3. The van der Waals surface area contributed by atoms with Crippen molar-refractivity contribution in [1.29, 1.82) is 0 Å². The van der Waals surface area contributed by atoms with Gasteiger partial charge in [0.15, 0.2) is 0 Å². The third-order valence-electron chi connectivity index (χ3n) is 7.64. The van der Waals surface area contributed by atoms with Gasteiger partial charge in [-0.3, -0.25) is 0 Å². The van der Waals surface area contributed by atoms with E-state index in [-0.39, 0.29) is 5.92 Å². The van der Waals surface area contributed by atoms with E-state index in [2.05, 4.69) is 101 Å². The molecule has 0 saturated heterocycles. The fraction of sp³-hybridized carbons (Fsp3) is 0.438. The molecule has 0 fully saturated rings. The summed E-state index contributed by atoms with van der Waals surface area (Å²) in [6.45, 7) is 15.3. The van der Waals surface area contributed by atoms with Gasteiger partial charge >= 0.3 is 0 Å². The standard InChI is InChI=1S/C32H46N4/c1-8-20(5)35-25-16-12-23(13-17-25)29(24-14-18-26(19-15-24)36-21(6)9-2)30-27(10-3)31(33)22(7)32(34)28(30)11-4/h12-21,29,35-36H,8-11,33-34H2,1-7H3. The molecule has 3 aromatic rings. The van der Waals surface area contributed by atoms with Crippen molar-refractivity contribution in [3.05, 3.63) is 81.9 Å². The summed E-state index contributed by atoms with van der Waals surface area (Å²) in [6.07, 6.45) is 3.91. The summed E-state index contributed by atoms with van der Waals surface area (Å²) in [7, 11) is 0. The minimum Gasteiger partial charge on any atom is -0.398 e. The molecule has 0 radical (unpaired) electrons. The van der Waals surface area contributed by atoms with Gasteiger partial charge < -0.3 is 22.1 Å². The van der Waals surface area contributed by atoms with Gasteiger partial charge in [-0.25, -0.2) is 0 Å². The van der Waals surface area contributed by atoms with Crippen LogP contribution in [0.5, 0.6) is 0 Å². The quantitative estimate of drug-likeness (QED) is 0.164. The van der Waals surface area contributed by atoms with Crippen molar-refractivity contribution in [3.8, 4) is 0 Å². The van der Waals surface area contributed by atoms with Crippen LogP contribution in [0.15, 0.2) is 48.5 Å². The largest absolute Gasteiger partial charge is 0.398 e. The third-order valence-corrected chi connectivity index (χ3v) is 7.64. The molecule has 3 rings (SSSR count). The van der Waals surface area contributed by atoms with Crippen LogP contribution in [-0.4, -0.2) is 12.1 Å². The average molecular weight is 487 g/mol. The lowest BCUT2D eigenvalue weighted by Crippen LogP contribution is -2.16. The molecular formula is C32H46N4. The number of nitrogen functional groups attached to an aromatic ring is 2. The predicted molar refractivity (Wildman–Crippen MR) is 159 cm³/mol. The third kappa shape index (κ3) is 5.80. The lowest BCUT2D eigenvalue weighted by molar-refractivity contribution is 0.763. The molecule has 0 amide bonds. The molecule has 0 aliphatic carbocycles. The van der Waals surface area contributed by atoms with E-state index >= 15 is 0 Å². The van der Waals surface area contributed by atoms with Crippen LogP contribution in [0.2, 0.25) is 0 Å². The first kappa shape index (κ1) is 27.4. The summed E-state index contributed by atoms with van der Waals surface area (Å²) >= 11 is 0. The van der Waals surface area contributed by atoms with Gasteiger partial charge in [-0.05, 0) is 104 Å². The van der Waals surface area contributed by atoms with Crippen LogP contribution in [-0.2, 0) is 12.8 Å². The van der Waals surface area contributed by atoms with Gasteiger partial charge in [-0.15, -0.1) is 0 Å². The topological polar surface area (TPSA) is 76.1 Å². The zero-order chi connectivity index (χ0) is 26.4. The number of benzene rings is 3. The first-order valence-corrected chi connectivity index (χ1v) is 13.7. The number of nitrogens with two attached hydrogens (primary N) is 2. The molecule has 0 aliphatic rings. The summed E-state index contributed by atoms with van der Waals surface area (Å²) in [5.74, 6) is 0.0513. The molecule has 2 unspecified atom stereocenters. The Hall–Kier alpha value is -3.14. The smallest absolute Gasteiger partial charge is 0.0400 e. The molecular weight excluding hydrogens is 440 g/mol. The van der Waals surface area contributed by atoms with Crippen molar-refractivity contribution in [2.75, 3.05) is 22.1 Å². The monoisotopic (exact) mass is 486 g/mol. The number of hydrogen-bond acceptors (Lipinski definition) is 4. The fourth-order valence-electron chi connectivity index (χ4n) is 5.02. The van der Waals surface area contributed by atoms with Gasteiger partial charge in [0.2, 0.25) is 0 Å². The summed E-state index contributed by atoms with van der Waals surface area (Å²) in [5, 5.41) is 7.18. The Morgan fingerprint density at radius 2 is 1.00 bits per heavy atom. The van der Waals surface area contributed by atoms with Crippen LogP contribution in [0.1, 0.15) is 93.7 Å². The summed E-state index contributed by atoms with van der Waals surface area (Å²) < 4.78 is 0. The van der Waals surface area contributed by atoms with Crippen molar-refractivity contribution < 1.29 is 0 Å². The molecule has 4 nitrogen and oxygen atoms in total. The van der Waals surface area contributed by atoms with Crippen molar-refractivity contribution in [3.63, 3.8) is 0 Å². The highest BCUT2D eigenvalue weighted by Crippen LogP contribution is 2.43. The van der Waals surface area contributed by atoms with E-state index in [0.29, 0.717) is 12.1 Å². The van der Waals surface area contributed by atoms with Crippen LogP contribution >= 0.6 is 0 Å². The molecule has 0 aromatic heterocycles. The molecule has 0 saturated carbocycles. The first-order valence-electron chi connectivity index (χ1n) is 13.7. The predicted octanol–water partition coefficient (Wildman–Crippen LogP) is 7.89. The molecule has 194 valence electrons. The summed E-state index contributed by atoms with van der Waals surface area (Å²) in [4.78, 5) is 0. The molecule has 0 bridgehead atoms. The Labute approximate surface area is 218 Å². The second-order valence-electron chi connectivity index (χ2n) is 10.1. The summed E-state index contributed by atoms with van der Waals surface area (Å²) in [5.41, 5.74) is 24.6. The van der Waals surface area contributed by atoms with Gasteiger partial charge in [0, 0.05) is 40.8 Å². The lowest BCUT2D eigenvalue weighted by atomic mass is 9.77. The zero-order valence-corrected chi connectivity index (χ0v) is 23.3. The van der Waals surface area contributed by atoms with E-state index in [0.717, 1.165) is 54.0 Å².